The molecule has 0 unspecified atom stereocenters. The molecular formula is C13H12Cl2N6. The van der Waals surface area contributed by atoms with Crippen molar-refractivity contribution < 1.29 is 0 Å². The Hall–Kier alpha value is -2.31. The zero-order valence-corrected chi connectivity index (χ0v) is 12.3. The van der Waals surface area contributed by atoms with Crippen molar-refractivity contribution in [2.24, 2.45) is 0 Å². The molecule has 0 atom stereocenters. The highest BCUT2D eigenvalue weighted by Crippen LogP contribution is 2.23. The van der Waals surface area contributed by atoms with Gasteiger partial charge in [0.05, 0.1) is 0 Å². The summed E-state index contributed by atoms with van der Waals surface area (Å²) < 4.78 is 0. The fourth-order valence-corrected chi connectivity index (χ4v) is 1.83. The SMILES string of the molecule is ClNc1ccc(-c2ccc(NCl)cc2)cc1.c1nn[nH]n1. The number of tetrazole rings is 1. The molecule has 6 nitrogen and oxygen atoms in total. The Morgan fingerprint density at radius 3 is 1.48 bits per heavy atom. The first kappa shape index (κ1) is 15.1. The summed E-state index contributed by atoms with van der Waals surface area (Å²) in [7, 11) is 0. The molecule has 0 radical (unpaired) electrons. The van der Waals surface area contributed by atoms with Crippen molar-refractivity contribution in [3.8, 4) is 11.1 Å². The Labute approximate surface area is 131 Å². The van der Waals surface area contributed by atoms with E-state index in [0.717, 1.165) is 22.5 Å². The molecule has 0 aliphatic rings. The van der Waals surface area contributed by atoms with E-state index in [4.69, 9.17) is 23.6 Å². The van der Waals surface area contributed by atoms with E-state index >= 15 is 0 Å². The van der Waals surface area contributed by atoms with Crippen molar-refractivity contribution in [3.05, 3.63) is 54.9 Å². The van der Waals surface area contributed by atoms with E-state index < -0.39 is 0 Å². The zero-order chi connectivity index (χ0) is 14.9. The predicted octanol–water partition coefficient (Wildman–Crippen LogP) is 3.68. The Morgan fingerprint density at radius 2 is 1.24 bits per heavy atom. The molecule has 108 valence electrons. The lowest BCUT2D eigenvalue weighted by Crippen LogP contribution is -1.83. The first-order chi connectivity index (χ1) is 10.3. The van der Waals surface area contributed by atoms with Gasteiger partial charge in [-0.3, -0.25) is 9.67 Å². The second-order valence-corrected chi connectivity index (χ2v) is 4.28. The summed E-state index contributed by atoms with van der Waals surface area (Å²) in [6.07, 6.45) is 1.33. The van der Waals surface area contributed by atoms with Gasteiger partial charge in [0.2, 0.25) is 0 Å². The minimum atomic E-state index is 0.879. The Morgan fingerprint density at radius 1 is 0.762 bits per heavy atom. The first-order valence-corrected chi connectivity index (χ1v) is 6.69. The van der Waals surface area contributed by atoms with Crippen LogP contribution in [0.4, 0.5) is 11.4 Å². The van der Waals surface area contributed by atoms with Gasteiger partial charge in [0, 0.05) is 34.9 Å². The molecule has 3 aromatic rings. The monoisotopic (exact) mass is 322 g/mol. The lowest BCUT2D eigenvalue weighted by Gasteiger charge is -2.04. The molecule has 3 N–H and O–H groups in total. The third-order valence-corrected chi connectivity index (χ3v) is 3.03. The number of rotatable bonds is 3. The van der Waals surface area contributed by atoms with Crippen LogP contribution >= 0.6 is 23.6 Å². The second-order valence-electron chi connectivity index (χ2n) is 3.90. The Kier molecular flexibility index (Phi) is 5.81. The number of nitrogens with one attached hydrogen (secondary N) is 3. The average Bonchev–Trinajstić information content (AvgIpc) is 3.15. The maximum absolute atomic E-state index is 5.49. The fourth-order valence-electron chi connectivity index (χ4n) is 1.58. The maximum atomic E-state index is 5.49. The molecule has 0 aliphatic heterocycles. The molecule has 0 aliphatic carbocycles. The van der Waals surface area contributed by atoms with Crippen molar-refractivity contribution in [3.63, 3.8) is 0 Å². The lowest BCUT2D eigenvalue weighted by molar-refractivity contribution is 0.881. The largest absolute Gasteiger partial charge is 0.299 e. The number of aromatic amines is 1. The molecular weight excluding hydrogens is 311 g/mol. The van der Waals surface area contributed by atoms with Gasteiger partial charge in [-0.2, -0.15) is 5.21 Å². The van der Waals surface area contributed by atoms with E-state index in [-0.39, 0.29) is 0 Å². The van der Waals surface area contributed by atoms with Crippen LogP contribution in [0.25, 0.3) is 11.1 Å². The number of anilines is 2. The minimum Gasteiger partial charge on any atom is -0.299 e. The summed E-state index contributed by atoms with van der Waals surface area (Å²) >= 11 is 11.0. The summed E-state index contributed by atoms with van der Waals surface area (Å²) in [6, 6.07) is 15.7. The number of hydrogen-bond acceptors (Lipinski definition) is 5. The molecule has 2 aromatic carbocycles. The number of aromatic nitrogens is 4. The molecule has 0 fully saturated rings. The van der Waals surface area contributed by atoms with Crippen molar-refractivity contribution >= 4 is 34.9 Å². The molecule has 0 bridgehead atoms. The third-order valence-electron chi connectivity index (χ3n) is 2.59. The van der Waals surface area contributed by atoms with Gasteiger partial charge in [-0.05, 0) is 35.4 Å². The smallest absolute Gasteiger partial charge is 0.161 e. The molecule has 1 aromatic heterocycles. The zero-order valence-electron chi connectivity index (χ0n) is 10.8. The molecule has 0 spiro atoms. The van der Waals surface area contributed by atoms with Crippen LogP contribution in [0.15, 0.2) is 54.9 Å². The Balaban J connectivity index is 0.000000272. The number of nitrogens with zero attached hydrogens (tertiary/aromatic N) is 3. The van der Waals surface area contributed by atoms with Crippen LogP contribution in [0, 0.1) is 0 Å². The van der Waals surface area contributed by atoms with Crippen molar-refractivity contribution in [1.82, 2.24) is 20.6 Å². The molecule has 1 heterocycles. The van der Waals surface area contributed by atoms with Gasteiger partial charge in [-0.25, -0.2) is 0 Å². The van der Waals surface area contributed by atoms with Gasteiger partial charge in [0.15, 0.2) is 6.33 Å². The minimum absolute atomic E-state index is 0.879. The van der Waals surface area contributed by atoms with E-state index in [2.05, 4.69) is 30.3 Å². The average molecular weight is 323 g/mol. The summed E-state index contributed by atoms with van der Waals surface area (Å²) in [5.41, 5.74) is 4.03. The van der Waals surface area contributed by atoms with Gasteiger partial charge in [0.25, 0.3) is 0 Å². The van der Waals surface area contributed by atoms with E-state index in [1.54, 1.807) is 0 Å². The number of hydrogen-bond donors (Lipinski definition) is 3. The van der Waals surface area contributed by atoms with E-state index in [0.29, 0.717) is 0 Å². The summed E-state index contributed by atoms with van der Waals surface area (Å²) in [5.74, 6) is 0. The van der Waals surface area contributed by atoms with Crippen LogP contribution in [0.1, 0.15) is 0 Å². The quantitative estimate of drug-likeness (QED) is 0.641. The molecule has 8 heteroatoms. The van der Waals surface area contributed by atoms with Gasteiger partial charge >= 0.3 is 0 Å². The maximum Gasteiger partial charge on any atom is 0.161 e. The van der Waals surface area contributed by atoms with Crippen molar-refractivity contribution in [2.75, 3.05) is 9.67 Å². The number of halogens is 2. The van der Waals surface area contributed by atoms with Gasteiger partial charge in [-0.15, -0.1) is 10.2 Å². The molecule has 0 saturated heterocycles. The molecule has 21 heavy (non-hydrogen) atoms. The normalized spacial score (nSPS) is 9.43. The van der Waals surface area contributed by atoms with Crippen LogP contribution in [-0.2, 0) is 0 Å². The fraction of sp³-hybridized carbons (Fsp3) is 0. The van der Waals surface area contributed by atoms with E-state index in [1.807, 2.05) is 48.5 Å². The topological polar surface area (TPSA) is 78.5 Å². The molecule has 0 saturated carbocycles. The number of H-pyrrole nitrogens is 1. The lowest BCUT2D eigenvalue weighted by atomic mass is 10.1. The second kappa shape index (κ2) is 8.08. The van der Waals surface area contributed by atoms with Crippen LogP contribution < -0.4 is 9.67 Å². The van der Waals surface area contributed by atoms with E-state index in [1.165, 1.54) is 6.33 Å². The van der Waals surface area contributed by atoms with Crippen LogP contribution in [0.3, 0.4) is 0 Å². The number of benzene rings is 2. The third kappa shape index (κ3) is 4.62. The van der Waals surface area contributed by atoms with Gasteiger partial charge in [-0.1, -0.05) is 29.5 Å². The molecule has 0 amide bonds. The van der Waals surface area contributed by atoms with Crippen LogP contribution in [-0.4, -0.2) is 20.6 Å². The predicted molar refractivity (Wildman–Crippen MR) is 85.0 cm³/mol. The summed E-state index contributed by atoms with van der Waals surface area (Å²) in [5, 5.41) is 12.2. The highest BCUT2D eigenvalue weighted by Gasteiger charge is 1.98. The van der Waals surface area contributed by atoms with E-state index in [9.17, 15) is 0 Å². The van der Waals surface area contributed by atoms with Crippen LogP contribution in [0.5, 0.6) is 0 Å². The summed E-state index contributed by atoms with van der Waals surface area (Å²) in [6.45, 7) is 0. The van der Waals surface area contributed by atoms with Crippen LogP contribution in [0.2, 0.25) is 0 Å². The first-order valence-electron chi connectivity index (χ1n) is 5.93. The standard InChI is InChI=1S/C12H10Cl2N2.CH2N4/c13-15-11-5-1-9(2-6-11)10-3-7-12(16-14)8-4-10;1-2-4-5-3-1/h1-8,15-16H;1H,(H,2,3,4,5). The van der Waals surface area contributed by atoms with Gasteiger partial charge < -0.3 is 0 Å². The summed E-state index contributed by atoms with van der Waals surface area (Å²) in [4.78, 5) is 5.14. The van der Waals surface area contributed by atoms with Gasteiger partial charge in [0.1, 0.15) is 0 Å². The molecule has 3 rings (SSSR count). The Bertz CT molecular complexity index is 562. The van der Waals surface area contributed by atoms with Crippen molar-refractivity contribution in [2.45, 2.75) is 0 Å². The highest BCUT2D eigenvalue weighted by atomic mass is 35.5. The highest BCUT2D eigenvalue weighted by molar-refractivity contribution is 6.24. The van der Waals surface area contributed by atoms with Crippen molar-refractivity contribution in [1.29, 1.82) is 0 Å².